The second kappa shape index (κ2) is 5.52. The molecule has 0 amide bonds. The van der Waals surface area contributed by atoms with Crippen molar-refractivity contribution in [3.63, 3.8) is 0 Å². The van der Waals surface area contributed by atoms with Crippen molar-refractivity contribution in [3.05, 3.63) is 0 Å². The van der Waals surface area contributed by atoms with Crippen LogP contribution in [0.2, 0.25) is 0 Å². The van der Waals surface area contributed by atoms with Gasteiger partial charge in [-0.25, -0.2) is 0 Å². The van der Waals surface area contributed by atoms with E-state index in [4.69, 9.17) is 10.8 Å². The summed E-state index contributed by atoms with van der Waals surface area (Å²) in [6, 6.07) is 0.0961. The van der Waals surface area contributed by atoms with Gasteiger partial charge in [-0.1, -0.05) is 11.4 Å². The molecule has 0 heterocycles. The van der Waals surface area contributed by atoms with Gasteiger partial charge in [0.05, 0.1) is 0 Å². The molecule has 1 aliphatic carbocycles. The molecule has 0 aromatic carbocycles. The molecular weight excluding hydrogens is 196 g/mol. The first-order chi connectivity index (χ1) is 4.84. The second-order valence-electron chi connectivity index (χ2n) is 2.70. The molecule has 0 unspecified atom stereocenters. The molecule has 69 valence electrons. The molecule has 5 heteroatoms. The van der Waals surface area contributed by atoms with E-state index in [0.29, 0.717) is 0 Å². The molecule has 0 aliphatic heterocycles. The number of rotatable bonds is 2. The Morgan fingerprint density at radius 1 is 1.27 bits per heavy atom. The molecule has 1 aliphatic rings. The van der Waals surface area contributed by atoms with Crippen molar-refractivity contribution in [1.29, 1.82) is 5.53 Å². The summed E-state index contributed by atoms with van der Waals surface area (Å²) in [5.41, 5.74) is 7.08. The van der Waals surface area contributed by atoms with E-state index in [9.17, 15) is 0 Å². The fraction of sp³-hybridized carbons (Fsp3) is 1.00. The predicted octanol–water partition coefficient (Wildman–Crippen LogP) is 1.76. The van der Waals surface area contributed by atoms with Gasteiger partial charge >= 0.3 is 0 Å². The van der Waals surface area contributed by atoms with Crippen LogP contribution in [-0.2, 0) is 22.1 Å². The molecule has 1 radical (unpaired) electrons. The van der Waals surface area contributed by atoms with Crippen LogP contribution in [-0.4, -0.2) is 16.2 Å². The van der Waals surface area contributed by atoms with Gasteiger partial charge in [0.1, 0.15) is 4.86 Å². The number of nitrogens with zero attached hydrogens (tertiary/aromatic N) is 1. The first kappa shape index (κ1) is 10.9. The fourth-order valence-electron chi connectivity index (χ4n) is 1.38. The average molecular weight is 209 g/mol. The van der Waals surface area contributed by atoms with Gasteiger partial charge in [-0.2, -0.15) is 0 Å². The Balaban J connectivity index is 0.000001000. The van der Waals surface area contributed by atoms with Crippen molar-refractivity contribution in [2.24, 2.45) is 0 Å². The average Bonchev–Trinajstić information content (AvgIpc) is 2.05. The number of nitrogens with one attached hydrogen (secondary N) is 1. The molecule has 1 fully saturated rings. The summed E-state index contributed by atoms with van der Waals surface area (Å²) in [6.45, 7) is 0. The fourth-order valence-corrected chi connectivity index (χ4v) is 1.38. The topological polar surface area (TPSA) is 56.3 Å². The Morgan fingerprint density at radius 2 is 1.82 bits per heavy atom. The largest absolute Gasteiger partial charge is 0.235 e. The van der Waals surface area contributed by atoms with Gasteiger partial charge < -0.3 is 0 Å². The normalized spacial score (nSPS) is 18.6. The molecule has 0 saturated heterocycles. The number of hydrogen-bond donors (Lipinski definition) is 2. The SMILES string of the molecule is N=[N+](OO)C1CCCCC1.[Cu]. The zero-order valence-electron chi connectivity index (χ0n) is 6.22. The summed E-state index contributed by atoms with van der Waals surface area (Å²) in [5.74, 6) is 0. The van der Waals surface area contributed by atoms with Crippen molar-refractivity contribution in [2.45, 2.75) is 38.1 Å². The molecule has 0 aromatic heterocycles. The summed E-state index contributed by atoms with van der Waals surface area (Å²) in [4.78, 5) is 4.58. The van der Waals surface area contributed by atoms with Gasteiger partial charge in [-0.15, -0.1) is 5.26 Å². The minimum Gasteiger partial charge on any atom is -0.141 e. The monoisotopic (exact) mass is 208 g/mol. The van der Waals surface area contributed by atoms with Crippen molar-refractivity contribution >= 4 is 0 Å². The maximum Gasteiger partial charge on any atom is 0.235 e. The van der Waals surface area contributed by atoms with Gasteiger partial charge in [0.2, 0.25) is 6.04 Å². The van der Waals surface area contributed by atoms with Gasteiger partial charge in [0, 0.05) is 29.9 Å². The minimum atomic E-state index is 0. The molecular formula is C6H13CuN2O2+. The molecule has 0 spiro atoms. The summed E-state index contributed by atoms with van der Waals surface area (Å²) < 4.78 is 0. The zero-order valence-corrected chi connectivity index (χ0v) is 7.16. The van der Waals surface area contributed by atoms with Gasteiger partial charge in [-0.3, -0.25) is 0 Å². The maximum atomic E-state index is 8.13. The Labute approximate surface area is 76.4 Å². The smallest absolute Gasteiger partial charge is 0.141 e. The van der Waals surface area contributed by atoms with Crippen LogP contribution in [0.15, 0.2) is 0 Å². The van der Waals surface area contributed by atoms with Gasteiger partial charge in [-0.05, 0) is 18.4 Å². The molecule has 2 N–H and O–H groups in total. The summed E-state index contributed by atoms with van der Waals surface area (Å²) in [6.07, 6.45) is 5.46. The second-order valence-corrected chi connectivity index (χ2v) is 2.70. The third kappa shape index (κ3) is 3.18. The van der Waals surface area contributed by atoms with E-state index in [1.165, 1.54) is 6.42 Å². The quantitative estimate of drug-likeness (QED) is 0.239. The van der Waals surface area contributed by atoms with Crippen molar-refractivity contribution < 1.29 is 32.2 Å². The molecule has 1 rings (SSSR count). The Bertz CT molecular complexity index is 126. The van der Waals surface area contributed by atoms with E-state index in [1.807, 2.05) is 0 Å². The zero-order chi connectivity index (χ0) is 7.40. The van der Waals surface area contributed by atoms with Crippen LogP contribution < -0.4 is 0 Å². The summed E-state index contributed by atoms with van der Waals surface area (Å²) in [5, 5.41) is 8.13. The van der Waals surface area contributed by atoms with Gasteiger partial charge in [0.15, 0.2) is 0 Å². The van der Waals surface area contributed by atoms with E-state index in [1.54, 1.807) is 0 Å². The number of hydroxylamine groups is 1. The first-order valence-corrected chi connectivity index (χ1v) is 3.66. The third-order valence-corrected chi connectivity index (χ3v) is 1.99. The minimum absolute atomic E-state index is 0. The van der Waals surface area contributed by atoms with Crippen LogP contribution >= 0.6 is 0 Å². The Kier molecular flexibility index (Phi) is 5.46. The standard InChI is InChI=1S/C6H12N2O2.Cu/c7-8(10-9)6-4-2-1-3-5-6;/h6-7H,1-5H2;/p+1. The van der Waals surface area contributed by atoms with Gasteiger partial charge in [0.25, 0.3) is 0 Å². The van der Waals surface area contributed by atoms with Crippen LogP contribution in [0.3, 0.4) is 0 Å². The Morgan fingerprint density at radius 3 is 2.27 bits per heavy atom. The molecule has 0 aromatic rings. The molecule has 4 nitrogen and oxygen atoms in total. The molecule has 0 bridgehead atoms. The number of hydrogen-bond acceptors (Lipinski definition) is 3. The maximum absolute atomic E-state index is 8.13. The van der Waals surface area contributed by atoms with E-state index in [2.05, 4.69) is 4.99 Å². The van der Waals surface area contributed by atoms with Crippen molar-refractivity contribution in [1.82, 2.24) is 0 Å². The van der Waals surface area contributed by atoms with Crippen molar-refractivity contribution in [2.75, 3.05) is 0 Å². The van der Waals surface area contributed by atoms with Crippen LogP contribution in [0.4, 0.5) is 0 Å². The summed E-state index contributed by atoms with van der Waals surface area (Å²) >= 11 is 0. The van der Waals surface area contributed by atoms with E-state index in [-0.39, 0.29) is 23.1 Å². The Hall–Kier alpha value is -0.121. The van der Waals surface area contributed by atoms with E-state index < -0.39 is 0 Å². The van der Waals surface area contributed by atoms with Crippen LogP contribution in [0.1, 0.15) is 32.1 Å². The van der Waals surface area contributed by atoms with Crippen LogP contribution in [0.25, 0.3) is 0 Å². The third-order valence-electron chi connectivity index (χ3n) is 1.99. The predicted molar refractivity (Wildman–Crippen MR) is 33.6 cm³/mol. The van der Waals surface area contributed by atoms with E-state index in [0.717, 1.165) is 30.5 Å². The van der Waals surface area contributed by atoms with Crippen LogP contribution in [0, 0.1) is 5.53 Å². The van der Waals surface area contributed by atoms with E-state index >= 15 is 0 Å². The molecule has 0 atom stereocenters. The van der Waals surface area contributed by atoms with Crippen LogP contribution in [0.5, 0.6) is 0 Å². The van der Waals surface area contributed by atoms with Crippen molar-refractivity contribution in [3.8, 4) is 0 Å². The molecule has 11 heavy (non-hydrogen) atoms. The summed E-state index contributed by atoms with van der Waals surface area (Å²) in [7, 11) is 0. The first-order valence-electron chi connectivity index (χ1n) is 3.66. The molecule has 1 saturated carbocycles.